The lowest BCUT2D eigenvalue weighted by Crippen LogP contribution is -2.40. The number of sulfonamides is 1. The van der Waals surface area contributed by atoms with Gasteiger partial charge in [-0.3, -0.25) is 9.59 Å². The normalized spacial score (nSPS) is 15.6. The third-order valence-corrected chi connectivity index (χ3v) is 10.6. The molecule has 4 rings (SSSR count). The lowest BCUT2D eigenvalue weighted by Gasteiger charge is -2.25. The molecule has 0 bridgehead atoms. The molecule has 0 aliphatic carbocycles. The Morgan fingerprint density at radius 1 is 1.00 bits per heavy atom. The lowest BCUT2D eigenvalue weighted by atomic mass is 10.0. The van der Waals surface area contributed by atoms with Crippen LogP contribution in [0.3, 0.4) is 0 Å². The fourth-order valence-electron chi connectivity index (χ4n) is 5.96. The number of carbonyl (C=O) groups is 2. The molecule has 2 N–H and O–H groups in total. The molecule has 9 nitrogen and oxygen atoms in total. The van der Waals surface area contributed by atoms with Gasteiger partial charge in [0.15, 0.2) is 0 Å². The minimum atomic E-state index is -4.02. The first-order valence-electron chi connectivity index (χ1n) is 16.4. The van der Waals surface area contributed by atoms with E-state index < -0.39 is 33.6 Å². The maximum absolute atomic E-state index is 14.1. The molecule has 1 aliphatic heterocycles. The first-order chi connectivity index (χ1) is 22.9. The van der Waals surface area contributed by atoms with Gasteiger partial charge in [-0.05, 0) is 85.7 Å². The van der Waals surface area contributed by atoms with Crippen molar-refractivity contribution in [3.8, 4) is 0 Å². The Balaban J connectivity index is 1.61. The third kappa shape index (κ3) is 9.68. The van der Waals surface area contributed by atoms with E-state index in [0.717, 1.165) is 35.2 Å². The van der Waals surface area contributed by atoms with Gasteiger partial charge < -0.3 is 20.3 Å². The summed E-state index contributed by atoms with van der Waals surface area (Å²) in [5, 5.41) is 6.33. The summed E-state index contributed by atoms with van der Waals surface area (Å²) in [5.74, 6) is -2.44. The number of halogens is 2. The average molecular weight is 685 g/mol. The van der Waals surface area contributed by atoms with Crippen LogP contribution in [0.1, 0.15) is 70.5 Å². The van der Waals surface area contributed by atoms with Gasteiger partial charge in [-0.1, -0.05) is 38.1 Å². The van der Waals surface area contributed by atoms with E-state index in [2.05, 4.69) is 29.7 Å². The number of carbonyl (C=O) groups excluding carboxylic acids is 2. The maximum Gasteiger partial charge on any atom is 0.254 e. The molecule has 48 heavy (non-hydrogen) atoms. The van der Waals surface area contributed by atoms with E-state index in [4.69, 9.17) is 4.74 Å². The van der Waals surface area contributed by atoms with Gasteiger partial charge in [-0.25, -0.2) is 21.5 Å². The van der Waals surface area contributed by atoms with Crippen LogP contribution in [0.5, 0.6) is 0 Å². The van der Waals surface area contributed by atoms with Crippen molar-refractivity contribution in [2.45, 2.75) is 69.5 Å². The standard InChI is InChI=1S/C36H46F2N4O5S/c1-5-25-9-7-10-26(15-25)23-39-13-12-32(18-27-16-30(37)22-31(38)17-27)40-35(43)28-19-29(21-34(20-28)48(45,46)41(3)6-2)36(44)42-14-8-11-33(42)24-47-4/h7,9-10,15-17,19-22,32-33,39H,5-6,8,11-14,18,23-24H2,1-4H3,(H,40,43)/t32-,33?/m1/s1. The fraction of sp³-hybridized carbons (Fsp3) is 0.444. The van der Waals surface area contributed by atoms with E-state index in [-0.39, 0.29) is 40.9 Å². The van der Waals surface area contributed by atoms with E-state index in [0.29, 0.717) is 38.2 Å². The number of rotatable bonds is 16. The van der Waals surface area contributed by atoms with Gasteiger partial charge in [-0.2, -0.15) is 0 Å². The first kappa shape index (κ1) is 37.1. The molecule has 1 unspecified atom stereocenters. The number of aryl methyl sites for hydroxylation is 1. The number of methoxy groups -OCH3 is 1. The molecule has 0 spiro atoms. The quantitative estimate of drug-likeness (QED) is 0.207. The Morgan fingerprint density at radius 3 is 2.40 bits per heavy atom. The van der Waals surface area contributed by atoms with Crippen molar-refractivity contribution in [1.29, 1.82) is 0 Å². The van der Waals surface area contributed by atoms with E-state index in [9.17, 15) is 26.8 Å². The van der Waals surface area contributed by atoms with Crippen LogP contribution in [-0.2, 0) is 34.1 Å². The Labute approximate surface area is 282 Å². The maximum atomic E-state index is 14.1. The van der Waals surface area contributed by atoms with Crippen LogP contribution in [0.25, 0.3) is 0 Å². The summed E-state index contributed by atoms with van der Waals surface area (Å²) in [7, 11) is -1.03. The van der Waals surface area contributed by atoms with Crippen LogP contribution in [-0.4, -0.2) is 81.9 Å². The Morgan fingerprint density at radius 2 is 1.71 bits per heavy atom. The molecule has 1 aliphatic rings. The number of nitrogens with zero attached hydrogens (tertiary/aromatic N) is 2. The number of amides is 2. The Bertz CT molecular complexity index is 1670. The van der Waals surface area contributed by atoms with Gasteiger partial charge in [0.25, 0.3) is 11.8 Å². The van der Waals surface area contributed by atoms with E-state index in [1.165, 1.54) is 42.9 Å². The molecule has 260 valence electrons. The summed E-state index contributed by atoms with van der Waals surface area (Å²) in [6.45, 7) is 5.87. The highest BCUT2D eigenvalue weighted by atomic mass is 32.2. The zero-order chi connectivity index (χ0) is 34.8. The monoisotopic (exact) mass is 684 g/mol. The highest BCUT2D eigenvalue weighted by Gasteiger charge is 2.31. The second kappa shape index (κ2) is 17.1. The lowest BCUT2D eigenvalue weighted by molar-refractivity contribution is 0.0630. The van der Waals surface area contributed by atoms with Gasteiger partial charge in [-0.15, -0.1) is 0 Å². The molecule has 3 aromatic carbocycles. The largest absolute Gasteiger partial charge is 0.383 e. The van der Waals surface area contributed by atoms with E-state index in [1.807, 2.05) is 12.1 Å². The molecule has 1 fully saturated rings. The number of likely N-dealkylation sites (tertiary alicyclic amines) is 1. The van der Waals surface area contributed by atoms with Crippen molar-refractivity contribution in [2.75, 3.05) is 40.4 Å². The number of ether oxygens (including phenoxy) is 1. The van der Waals surface area contributed by atoms with E-state index >= 15 is 0 Å². The van der Waals surface area contributed by atoms with Crippen molar-refractivity contribution in [3.63, 3.8) is 0 Å². The van der Waals surface area contributed by atoms with Crippen molar-refractivity contribution in [1.82, 2.24) is 19.8 Å². The minimum absolute atomic E-state index is 0.00817. The molecule has 3 aromatic rings. The first-order valence-corrected chi connectivity index (χ1v) is 17.8. The third-order valence-electron chi connectivity index (χ3n) is 8.70. The van der Waals surface area contributed by atoms with Gasteiger partial charge >= 0.3 is 0 Å². The SMILES string of the molecule is CCc1cccc(CNCC[C@H](Cc2cc(F)cc(F)c2)NC(=O)c2cc(C(=O)N3CCCC3COC)cc(S(=O)(=O)N(C)CC)c2)c1. The van der Waals surface area contributed by atoms with Crippen molar-refractivity contribution in [2.24, 2.45) is 0 Å². The van der Waals surface area contributed by atoms with Crippen molar-refractivity contribution in [3.05, 3.63) is 100 Å². The van der Waals surface area contributed by atoms with Crippen molar-refractivity contribution >= 4 is 21.8 Å². The molecular weight excluding hydrogens is 638 g/mol. The summed E-state index contributed by atoms with van der Waals surface area (Å²) >= 11 is 0. The molecule has 1 heterocycles. The zero-order valence-corrected chi connectivity index (χ0v) is 28.9. The molecular formula is C36H46F2N4O5S. The predicted molar refractivity (Wildman–Crippen MR) is 181 cm³/mol. The predicted octanol–water partition coefficient (Wildman–Crippen LogP) is 4.94. The van der Waals surface area contributed by atoms with Crippen LogP contribution in [0.15, 0.2) is 65.6 Å². The summed E-state index contributed by atoms with van der Waals surface area (Å²) in [4.78, 5) is 29.1. The molecule has 0 aromatic heterocycles. The van der Waals surface area contributed by atoms with Crippen LogP contribution < -0.4 is 10.6 Å². The number of benzene rings is 3. The molecule has 0 radical (unpaired) electrons. The molecule has 1 saturated heterocycles. The molecule has 0 saturated carbocycles. The van der Waals surface area contributed by atoms with Crippen LogP contribution in [0, 0.1) is 11.6 Å². The number of nitrogens with one attached hydrogen (secondary N) is 2. The average Bonchev–Trinajstić information content (AvgIpc) is 3.53. The highest BCUT2D eigenvalue weighted by molar-refractivity contribution is 7.89. The van der Waals surface area contributed by atoms with Crippen LogP contribution in [0.4, 0.5) is 8.78 Å². The summed E-state index contributed by atoms with van der Waals surface area (Å²) in [6.07, 6.45) is 2.99. The summed E-state index contributed by atoms with van der Waals surface area (Å²) < 4.78 is 61.5. The van der Waals surface area contributed by atoms with Gasteiger partial charge in [0.2, 0.25) is 10.0 Å². The van der Waals surface area contributed by atoms with E-state index in [1.54, 1.807) is 18.9 Å². The highest BCUT2D eigenvalue weighted by Crippen LogP contribution is 2.25. The minimum Gasteiger partial charge on any atom is -0.383 e. The van der Waals surface area contributed by atoms with Crippen molar-refractivity contribution < 1.29 is 31.5 Å². The summed E-state index contributed by atoms with van der Waals surface area (Å²) in [6, 6.07) is 14.7. The smallest absolute Gasteiger partial charge is 0.254 e. The molecule has 2 amide bonds. The Kier molecular flexibility index (Phi) is 13.2. The topological polar surface area (TPSA) is 108 Å². The molecule has 2 atom stereocenters. The second-order valence-corrected chi connectivity index (χ2v) is 14.3. The molecule has 12 heteroatoms. The zero-order valence-electron chi connectivity index (χ0n) is 28.1. The van der Waals surface area contributed by atoms with Crippen LogP contribution >= 0.6 is 0 Å². The van der Waals surface area contributed by atoms with Gasteiger partial charge in [0.05, 0.1) is 17.5 Å². The second-order valence-electron chi connectivity index (χ2n) is 12.2. The Hall–Kier alpha value is -3.71. The van der Waals surface area contributed by atoms with Gasteiger partial charge in [0.1, 0.15) is 11.6 Å². The summed E-state index contributed by atoms with van der Waals surface area (Å²) in [5.41, 5.74) is 2.77. The fourth-order valence-corrected chi connectivity index (χ4v) is 7.21. The van der Waals surface area contributed by atoms with Crippen LogP contribution in [0.2, 0.25) is 0 Å². The number of hydrogen-bond donors (Lipinski definition) is 2. The van der Waals surface area contributed by atoms with Gasteiger partial charge in [0, 0.05) is 57.0 Å². The number of hydrogen-bond acceptors (Lipinski definition) is 6.